The van der Waals surface area contributed by atoms with E-state index in [4.69, 9.17) is 16.3 Å². The molecule has 1 aliphatic rings. The van der Waals surface area contributed by atoms with Gasteiger partial charge >= 0.3 is 0 Å². The van der Waals surface area contributed by atoms with Gasteiger partial charge in [-0.15, -0.1) is 11.3 Å². The van der Waals surface area contributed by atoms with Crippen molar-refractivity contribution in [3.8, 4) is 0 Å². The van der Waals surface area contributed by atoms with Crippen LogP contribution in [0.3, 0.4) is 0 Å². The number of carbonyl (C=O) groups is 1. The molecule has 1 amide bonds. The Bertz CT molecular complexity index is 1000. The summed E-state index contributed by atoms with van der Waals surface area (Å²) in [7, 11) is 0. The molecule has 2 heterocycles. The number of carbonyl (C=O) groups excluding carboxylic acids is 1. The van der Waals surface area contributed by atoms with Crippen molar-refractivity contribution in [3.63, 3.8) is 0 Å². The van der Waals surface area contributed by atoms with Crippen molar-refractivity contribution in [1.82, 2.24) is 10.2 Å². The summed E-state index contributed by atoms with van der Waals surface area (Å²) in [5.41, 5.74) is 1.15. The minimum atomic E-state index is -0.341. The van der Waals surface area contributed by atoms with Gasteiger partial charge in [0.1, 0.15) is 10.7 Å². The number of fused-ring (bicyclic) bond motifs is 1. The number of amides is 1. The van der Waals surface area contributed by atoms with Gasteiger partial charge in [0, 0.05) is 29.2 Å². The molecule has 0 aliphatic carbocycles. The molecule has 1 aliphatic heterocycles. The molecule has 4 nitrogen and oxygen atoms in total. The molecule has 0 saturated carbocycles. The highest BCUT2D eigenvalue weighted by Gasteiger charge is 2.29. The van der Waals surface area contributed by atoms with E-state index in [-0.39, 0.29) is 23.8 Å². The molecule has 0 unspecified atom stereocenters. The van der Waals surface area contributed by atoms with Gasteiger partial charge in [-0.1, -0.05) is 41.9 Å². The van der Waals surface area contributed by atoms with Crippen molar-refractivity contribution in [2.45, 2.75) is 19.0 Å². The van der Waals surface area contributed by atoms with Crippen LogP contribution in [0.15, 0.2) is 48.5 Å². The van der Waals surface area contributed by atoms with Crippen LogP contribution >= 0.6 is 22.9 Å². The highest BCUT2D eigenvalue weighted by atomic mass is 35.5. The zero-order valence-corrected chi connectivity index (χ0v) is 17.6. The quantitative estimate of drug-likeness (QED) is 0.624. The van der Waals surface area contributed by atoms with Gasteiger partial charge in [-0.25, -0.2) is 4.39 Å². The summed E-state index contributed by atoms with van der Waals surface area (Å²) in [5.74, 6) is -0.578. The fourth-order valence-electron chi connectivity index (χ4n) is 3.86. The highest BCUT2D eigenvalue weighted by Crippen LogP contribution is 2.36. The normalized spacial score (nSPS) is 17.2. The Morgan fingerprint density at radius 2 is 1.93 bits per heavy atom. The van der Waals surface area contributed by atoms with Crippen molar-refractivity contribution in [1.29, 1.82) is 0 Å². The zero-order chi connectivity index (χ0) is 20.4. The van der Waals surface area contributed by atoms with Gasteiger partial charge in [0.2, 0.25) is 0 Å². The third-order valence-corrected chi connectivity index (χ3v) is 6.87. The Balaban J connectivity index is 1.59. The minimum Gasteiger partial charge on any atom is -0.379 e. The molecule has 0 spiro atoms. The number of rotatable bonds is 5. The molecule has 1 aromatic heterocycles. The molecule has 3 aromatic rings. The Hall–Kier alpha value is -1.99. The van der Waals surface area contributed by atoms with Crippen molar-refractivity contribution in [2.75, 3.05) is 26.3 Å². The molecular formula is C22H22ClFN2O2S. The predicted octanol–water partition coefficient (Wildman–Crippen LogP) is 4.89. The molecule has 1 fully saturated rings. The lowest BCUT2D eigenvalue weighted by molar-refractivity contribution is 0.00890. The number of hydrogen-bond donors (Lipinski definition) is 1. The van der Waals surface area contributed by atoms with Crippen LogP contribution in [0, 0.1) is 5.82 Å². The van der Waals surface area contributed by atoms with E-state index in [1.165, 1.54) is 23.5 Å². The SMILES string of the molecule is C[C@@H](NC(=O)c1sc2cc(F)ccc2c1Cl)[C@@H](c1ccccc1)N1CCOCC1. The van der Waals surface area contributed by atoms with Crippen LogP contribution in [0.1, 0.15) is 28.2 Å². The average Bonchev–Trinajstić information content (AvgIpc) is 3.05. The Kier molecular flexibility index (Phi) is 6.15. The highest BCUT2D eigenvalue weighted by molar-refractivity contribution is 7.21. The molecule has 7 heteroatoms. The van der Waals surface area contributed by atoms with Gasteiger partial charge in [0.05, 0.1) is 24.3 Å². The molecule has 0 radical (unpaired) electrons. The molecule has 0 bridgehead atoms. The third kappa shape index (κ3) is 4.31. The zero-order valence-electron chi connectivity index (χ0n) is 16.0. The number of ether oxygens (including phenoxy) is 1. The van der Waals surface area contributed by atoms with E-state index in [2.05, 4.69) is 22.3 Å². The molecule has 1 saturated heterocycles. The summed E-state index contributed by atoms with van der Waals surface area (Å²) in [6.07, 6.45) is 0. The monoisotopic (exact) mass is 432 g/mol. The maximum absolute atomic E-state index is 13.5. The van der Waals surface area contributed by atoms with Crippen LogP contribution in [-0.2, 0) is 4.74 Å². The van der Waals surface area contributed by atoms with E-state index in [0.717, 1.165) is 18.7 Å². The maximum atomic E-state index is 13.5. The topological polar surface area (TPSA) is 41.6 Å². The first-order valence-corrected chi connectivity index (χ1v) is 10.8. The molecular weight excluding hydrogens is 411 g/mol. The Morgan fingerprint density at radius 1 is 1.21 bits per heavy atom. The first kappa shape index (κ1) is 20.3. The van der Waals surface area contributed by atoms with Gasteiger partial charge in [0.25, 0.3) is 5.91 Å². The van der Waals surface area contributed by atoms with Crippen LogP contribution in [0.5, 0.6) is 0 Å². The second-order valence-corrected chi connectivity index (χ2v) is 8.58. The van der Waals surface area contributed by atoms with Gasteiger partial charge in [-0.3, -0.25) is 9.69 Å². The predicted molar refractivity (Wildman–Crippen MR) is 115 cm³/mol. The number of benzene rings is 2. The van der Waals surface area contributed by atoms with Crippen LogP contribution < -0.4 is 5.32 Å². The van der Waals surface area contributed by atoms with E-state index in [1.54, 1.807) is 6.07 Å². The summed E-state index contributed by atoms with van der Waals surface area (Å²) >= 11 is 7.65. The first-order chi connectivity index (χ1) is 14.0. The van der Waals surface area contributed by atoms with Crippen molar-refractivity contribution in [3.05, 3.63) is 69.8 Å². The fourth-order valence-corrected chi connectivity index (χ4v) is 5.30. The number of halogens is 2. The van der Waals surface area contributed by atoms with Crippen molar-refractivity contribution >= 4 is 38.9 Å². The number of thiophene rings is 1. The molecule has 2 aromatic carbocycles. The van der Waals surface area contributed by atoms with Gasteiger partial charge < -0.3 is 10.1 Å². The maximum Gasteiger partial charge on any atom is 0.263 e. The van der Waals surface area contributed by atoms with Crippen LogP contribution in [-0.4, -0.2) is 43.2 Å². The van der Waals surface area contributed by atoms with E-state index < -0.39 is 0 Å². The molecule has 152 valence electrons. The number of nitrogens with zero attached hydrogens (tertiary/aromatic N) is 1. The number of morpholine rings is 1. The minimum absolute atomic E-state index is 0.0228. The van der Waals surface area contributed by atoms with E-state index >= 15 is 0 Å². The van der Waals surface area contributed by atoms with Crippen LogP contribution in [0.2, 0.25) is 5.02 Å². The summed E-state index contributed by atoms with van der Waals surface area (Å²) in [6, 6.07) is 14.4. The second kappa shape index (κ2) is 8.79. The summed E-state index contributed by atoms with van der Waals surface area (Å²) < 4.78 is 19.7. The van der Waals surface area contributed by atoms with E-state index in [1.807, 2.05) is 25.1 Å². The average molecular weight is 433 g/mol. The van der Waals surface area contributed by atoms with Gasteiger partial charge in [-0.05, 0) is 30.7 Å². The number of hydrogen-bond acceptors (Lipinski definition) is 4. The molecule has 4 rings (SSSR count). The molecule has 1 N–H and O–H groups in total. The van der Waals surface area contributed by atoms with E-state index in [0.29, 0.717) is 33.2 Å². The Labute approximate surface area is 178 Å². The second-order valence-electron chi connectivity index (χ2n) is 7.15. The largest absolute Gasteiger partial charge is 0.379 e. The lowest BCUT2D eigenvalue weighted by Gasteiger charge is -2.38. The fraction of sp³-hybridized carbons (Fsp3) is 0.318. The number of nitrogens with one attached hydrogen (secondary N) is 1. The molecule has 2 atom stereocenters. The lowest BCUT2D eigenvalue weighted by atomic mass is 9.98. The van der Waals surface area contributed by atoms with Gasteiger partial charge in [-0.2, -0.15) is 0 Å². The summed E-state index contributed by atoms with van der Waals surface area (Å²) in [4.78, 5) is 15.8. The van der Waals surface area contributed by atoms with Crippen LogP contribution in [0.25, 0.3) is 10.1 Å². The third-order valence-electron chi connectivity index (χ3n) is 5.21. The molecule has 29 heavy (non-hydrogen) atoms. The lowest BCUT2D eigenvalue weighted by Crippen LogP contribution is -2.48. The summed E-state index contributed by atoms with van der Waals surface area (Å²) in [6.45, 7) is 4.98. The summed E-state index contributed by atoms with van der Waals surface area (Å²) in [5, 5.41) is 4.19. The Morgan fingerprint density at radius 3 is 2.66 bits per heavy atom. The van der Waals surface area contributed by atoms with Crippen molar-refractivity contribution < 1.29 is 13.9 Å². The van der Waals surface area contributed by atoms with Gasteiger partial charge in [0.15, 0.2) is 0 Å². The standard InChI is InChI=1S/C22H22ClFN2O2S/c1-14(20(15-5-3-2-4-6-15)26-9-11-28-12-10-26)25-22(27)21-19(23)17-8-7-16(24)13-18(17)29-21/h2-8,13-14,20H,9-12H2,1H3,(H,25,27)/t14-,20+/m1/s1. The van der Waals surface area contributed by atoms with Crippen LogP contribution in [0.4, 0.5) is 4.39 Å². The van der Waals surface area contributed by atoms with Crippen molar-refractivity contribution in [2.24, 2.45) is 0 Å². The smallest absolute Gasteiger partial charge is 0.263 e. The van der Waals surface area contributed by atoms with E-state index in [9.17, 15) is 9.18 Å². The first-order valence-electron chi connectivity index (χ1n) is 9.60.